The molecule has 0 radical (unpaired) electrons. The largest absolute Gasteiger partial charge is 0.492 e. The number of hydrogen-bond acceptors (Lipinski definition) is 6. The van der Waals surface area contributed by atoms with Gasteiger partial charge in [0, 0.05) is 12.7 Å². The molecule has 2 rings (SSSR count). The van der Waals surface area contributed by atoms with Crippen LogP contribution in [0.15, 0.2) is 33.6 Å². The number of aromatic nitrogens is 1. The van der Waals surface area contributed by atoms with Crippen LogP contribution in [0.4, 0.5) is 5.69 Å². The third kappa shape index (κ3) is 3.82. The van der Waals surface area contributed by atoms with Crippen molar-refractivity contribution in [3.8, 4) is 11.5 Å². The van der Waals surface area contributed by atoms with Gasteiger partial charge in [-0.2, -0.15) is 0 Å². The van der Waals surface area contributed by atoms with Crippen molar-refractivity contribution in [3.63, 3.8) is 0 Å². The van der Waals surface area contributed by atoms with Crippen LogP contribution < -0.4 is 20.5 Å². The van der Waals surface area contributed by atoms with Crippen LogP contribution in [0.1, 0.15) is 25.7 Å². The summed E-state index contributed by atoms with van der Waals surface area (Å²) in [6.45, 7) is 4.95. The first-order chi connectivity index (χ1) is 10.7. The first kappa shape index (κ1) is 16.0. The molecule has 0 fully saturated rings. The van der Waals surface area contributed by atoms with Crippen molar-refractivity contribution in [1.82, 2.24) is 4.98 Å². The van der Waals surface area contributed by atoms with Crippen LogP contribution in [0.3, 0.4) is 0 Å². The summed E-state index contributed by atoms with van der Waals surface area (Å²) in [5.41, 5.74) is 0.656. The molecule has 1 unspecified atom stereocenters. The van der Waals surface area contributed by atoms with Crippen molar-refractivity contribution < 1.29 is 19.0 Å². The molecule has 0 amide bonds. The number of anilines is 1. The minimum Gasteiger partial charge on any atom is -0.492 e. The van der Waals surface area contributed by atoms with Crippen LogP contribution >= 0.6 is 0 Å². The first-order valence-electron chi connectivity index (χ1n) is 7.14. The van der Waals surface area contributed by atoms with E-state index in [4.69, 9.17) is 13.9 Å². The predicted molar refractivity (Wildman–Crippen MR) is 81.6 cm³/mol. The Morgan fingerprint density at radius 3 is 2.41 bits per heavy atom. The third-order valence-corrected chi connectivity index (χ3v) is 2.93. The Balaban J connectivity index is 2.14. The van der Waals surface area contributed by atoms with Crippen LogP contribution in [0.25, 0.3) is 0 Å². The quantitative estimate of drug-likeness (QED) is 0.689. The molecular formula is C15H20N2O5. The van der Waals surface area contributed by atoms with E-state index in [1.807, 2.05) is 32.0 Å². The second-order valence-corrected chi connectivity index (χ2v) is 4.47. The monoisotopic (exact) mass is 308 g/mol. The molecular weight excluding hydrogens is 288 g/mol. The molecule has 1 heterocycles. The minimum absolute atomic E-state index is 0.144. The lowest BCUT2D eigenvalue weighted by Gasteiger charge is -2.17. The van der Waals surface area contributed by atoms with Gasteiger partial charge in [0.25, 0.3) is 0 Å². The molecule has 1 atom stereocenters. The van der Waals surface area contributed by atoms with Gasteiger partial charge in [-0.05, 0) is 26.0 Å². The number of hydrogen-bond donors (Lipinski definition) is 3. The van der Waals surface area contributed by atoms with Crippen molar-refractivity contribution in [1.29, 1.82) is 0 Å². The number of aliphatic hydroxyl groups excluding tert-OH is 1. The zero-order valence-electron chi connectivity index (χ0n) is 12.6. The summed E-state index contributed by atoms with van der Waals surface area (Å²) >= 11 is 0. The number of rotatable bonds is 8. The van der Waals surface area contributed by atoms with Gasteiger partial charge in [0.05, 0.1) is 13.2 Å². The highest BCUT2D eigenvalue weighted by Gasteiger charge is 2.15. The summed E-state index contributed by atoms with van der Waals surface area (Å²) in [6, 6.07) is 5.47. The van der Waals surface area contributed by atoms with Crippen molar-refractivity contribution >= 4 is 5.69 Å². The lowest BCUT2D eigenvalue weighted by molar-refractivity contribution is 0.160. The second kappa shape index (κ2) is 7.56. The fraction of sp³-hybridized carbons (Fsp3) is 0.400. The summed E-state index contributed by atoms with van der Waals surface area (Å²) in [6.07, 6.45) is 0.371. The van der Waals surface area contributed by atoms with Gasteiger partial charge in [-0.15, -0.1) is 0 Å². The standard InChI is InChI=1S/C15H20N2O5/c1-3-20-11-6-5-7-12(21-4-2)14(11)16-8-10(18)13-9-17-15(19)22-13/h5-7,9-10,16,18H,3-4,8H2,1-2H3,(H,17,19). The summed E-state index contributed by atoms with van der Waals surface area (Å²) < 4.78 is 16.0. The SMILES string of the molecule is CCOc1cccc(OCC)c1NCC(O)c1c[nH]c(=O)o1. The normalized spacial score (nSPS) is 12.0. The number of benzene rings is 1. The van der Waals surface area contributed by atoms with E-state index in [1.165, 1.54) is 6.20 Å². The van der Waals surface area contributed by atoms with Crippen LogP contribution in [0.2, 0.25) is 0 Å². The Labute approximate surface area is 127 Å². The number of para-hydroxylation sites is 1. The van der Waals surface area contributed by atoms with E-state index in [2.05, 4.69) is 10.3 Å². The number of nitrogens with one attached hydrogen (secondary N) is 2. The zero-order chi connectivity index (χ0) is 15.9. The number of aromatic amines is 1. The molecule has 0 aliphatic rings. The second-order valence-electron chi connectivity index (χ2n) is 4.47. The third-order valence-electron chi connectivity index (χ3n) is 2.93. The molecule has 22 heavy (non-hydrogen) atoms. The van der Waals surface area contributed by atoms with Gasteiger partial charge in [0.15, 0.2) is 5.76 Å². The van der Waals surface area contributed by atoms with Gasteiger partial charge in [-0.3, -0.25) is 4.98 Å². The van der Waals surface area contributed by atoms with E-state index in [-0.39, 0.29) is 12.3 Å². The molecule has 0 bridgehead atoms. The van der Waals surface area contributed by atoms with Gasteiger partial charge >= 0.3 is 5.76 Å². The van der Waals surface area contributed by atoms with Crippen LogP contribution in [0.5, 0.6) is 11.5 Å². The van der Waals surface area contributed by atoms with E-state index >= 15 is 0 Å². The fourth-order valence-electron chi connectivity index (χ4n) is 2.00. The average molecular weight is 308 g/mol. The molecule has 1 aromatic carbocycles. The Kier molecular flexibility index (Phi) is 5.48. The highest BCUT2D eigenvalue weighted by atomic mass is 16.5. The van der Waals surface area contributed by atoms with Gasteiger partial charge in [0.1, 0.15) is 23.3 Å². The smallest absolute Gasteiger partial charge is 0.416 e. The van der Waals surface area contributed by atoms with Gasteiger partial charge < -0.3 is 24.3 Å². The first-order valence-corrected chi connectivity index (χ1v) is 7.14. The van der Waals surface area contributed by atoms with Crippen molar-refractivity contribution in [2.24, 2.45) is 0 Å². The van der Waals surface area contributed by atoms with E-state index in [0.29, 0.717) is 30.4 Å². The summed E-state index contributed by atoms with van der Waals surface area (Å²) in [5.74, 6) is 0.843. The Morgan fingerprint density at radius 1 is 1.27 bits per heavy atom. The molecule has 0 saturated carbocycles. The molecule has 7 heteroatoms. The molecule has 2 aromatic rings. The molecule has 0 aliphatic heterocycles. The predicted octanol–water partition coefficient (Wildman–Crippen LogP) is 1.91. The molecule has 0 spiro atoms. The minimum atomic E-state index is -0.969. The molecule has 1 aromatic heterocycles. The number of oxazole rings is 1. The molecule has 0 aliphatic carbocycles. The lowest BCUT2D eigenvalue weighted by Crippen LogP contribution is -2.13. The lowest BCUT2D eigenvalue weighted by atomic mass is 10.2. The maximum Gasteiger partial charge on any atom is 0.416 e. The molecule has 0 saturated heterocycles. The Bertz CT molecular complexity index is 625. The van der Waals surface area contributed by atoms with E-state index < -0.39 is 11.9 Å². The molecule has 120 valence electrons. The van der Waals surface area contributed by atoms with Gasteiger partial charge in [-0.1, -0.05) is 6.07 Å². The van der Waals surface area contributed by atoms with Crippen molar-refractivity contribution in [3.05, 3.63) is 40.7 Å². The highest BCUT2D eigenvalue weighted by Crippen LogP contribution is 2.35. The number of H-pyrrole nitrogens is 1. The Hall–Kier alpha value is -2.41. The van der Waals surface area contributed by atoms with Crippen LogP contribution in [0, 0.1) is 0 Å². The van der Waals surface area contributed by atoms with Crippen LogP contribution in [-0.2, 0) is 0 Å². The Morgan fingerprint density at radius 2 is 1.91 bits per heavy atom. The maximum atomic E-state index is 11.0. The average Bonchev–Trinajstić information content (AvgIpc) is 2.93. The van der Waals surface area contributed by atoms with Gasteiger partial charge in [-0.25, -0.2) is 4.79 Å². The summed E-state index contributed by atoms with van der Waals surface area (Å²) in [5, 5.41) is 13.1. The van der Waals surface area contributed by atoms with Crippen molar-refractivity contribution in [2.75, 3.05) is 25.1 Å². The number of aliphatic hydroxyl groups is 1. The van der Waals surface area contributed by atoms with E-state index in [1.54, 1.807) is 0 Å². The summed E-state index contributed by atoms with van der Waals surface area (Å²) in [4.78, 5) is 13.3. The zero-order valence-corrected chi connectivity index (χ0v) is 12.6. The van der Waals surface area contributed by atoms with Crippen LogP contribution in [-0.4, -0.2) is 29.8 Å². The maximum absolute atomic E-state index is 11.0. The molecule has 7 nitrogen and oxygen atoms in total. The fourth-order valence-corrected chi connectivity index (χ4v) is 2.00. The van der Waals surface area contributed by atoms with Crippen molar-refractivity contribution in [2.45, 2.75) is 20.0 Å². The van der Waals surface area contributed by atoms with E-state index in [0.717, 1.165) is 0 Å². The number of ether oxygens (including phenoxy) is 2. The van der Waals surface area contributed by atoms with Gasteiger partial charge in [0.2, 0.25) is 0 Å². The highest BCUT2D eigenvalue weighted by molar-refractivity contribution is 5.66. The topological polar surface area (TPSA) is 96.7 Å². The van der Waals surface area contributed by atoms with E-state index in [9.17, 15) is 9.90 Å². The molecule has 3 N–H and O–H groups in total. The summed E-state index contributed by atoms with van der Waals surface area (Å²) in [7, 11) is 0.